The quantitative estimate of drug-likeness (QED) is 0.442. The molecule has 180 valence electrons. The number of hydrogen-bond acceptors (Lipinski definition) is 5. The van der Waals surface area contributed by atoms with Crippen LogP contribution < -0.4 is 14.8 Å². The molecule has 1 amide bonds. The molecule has 35 heavy (non-hydrogen) atoms. The van der Waals surface area contributed by atoms with Crippen LogP contribution in [0.5, 0.6) is 11.5 Å². The van der Waals surface area contributed by atoms with Crippen molar-refractivity contribution < 1.29 is 19.4 Å². The van der Waals surface area contributed by atoms with Crippen molar-refractivity contribution >= 4 is 17.3 Å². The van der Waals surface area contributed by atoms with Crippen LogP contribution in [0.25, 0.3) is 0 Å². The predicted molar refractivity (Wildman–Crippen MR) is 139 cm³/mol. The lowest BCUT2D eigenvalue weighted by molar-refractivity contribution is -0.112. The fraction of sp³-hybridized carbons (Fsp3) is 0.241. The van der Waals surface area contributed by atoms with Gasteiger partial charge in [0.2, 0.25) is 0 Å². The Hall–Kier alpha value is -4.06. The molecule has 1 aliphatic rings. The highest BCUT2D eigenvalue weighted by molar-refractivity contribution is 6.26. The molecule has 0 bridgehead atoms. The molecule has 6 nitrogen and oxygen atoms in total. The number of para-hydroxylation sites is 1. The zero-order chi connectivity index (χ0) is 24.6. The van der Waals surface area contributed by atoms with Crippen LogP contribution in [0.2, 0.25) is 0 Å². The molecule has 0 radical (unpaired) electrons. The highest BCUT2D eigenvalue weighted by atomic mass is 16.5. The molecule has 1 atom stereocenters. The van der Waals surface area contributed by atoms with Crippen molar-refractivity contribution in [2.45, 2.75) is 25.2 Å². The Morgan fingerprint density at radius 1 is 0.943 bits per heavy atom. The zero-order valence-corrected chi connectivity index (χ0v) is 20.0. The Morgan fingerprint density at radius 2 is 1.63 bits per heavy atom. The maximum Gasteiger partial charge on any atom is 0.260 e. The number of rotatable bonds is 8. The number of aliphatic hydroxyl groups is 1. The van der Waals surface area contributed by atoms with Gasteiger partial charge in [0.1, 0.15) is 5.76 Å². The summed E-state index contributed by atoms with van der Waals surface area (Å²) < 4.78 is 10.7. The molecule has 0 aliphatic heterocycles. The smallest absolute Gasteiger partial charge is 0.260 e. The van der Waals surface area contributed by atoms with Crippen molar-refractivity contribution in [1.29, 1.82) is 0 Å². The van der Waals surface area contributed by atoms with Crippen molar-refractivity contribution in [3.05, 3.63) is 101 Å². The molecule has 1 aliphatic carbocycles. The van der Waals surface area contributed by atoms with E-state index in [1.54, 1.807) is 14.2 Å². The molecule has 1 unspecified atom stereocenters. The summed E-state index contributed by atoms with van der Waals surface area (Å²) in [5.74, 6) is 1.13. The topological polar surface area (TPSA) is 80.2 Å². The lowest BCUT2D eigenvalue weighted by Gasteiger charge is -2.26. The highest BCUT2D eigenvalue weighted by Gasteiger charge is 2.31. The van der Waals surface area contributed by atoms with Gasteiger partial charge in [-0.15, -0.1) is 0 Å². The number of benzene rings is 3. The number of nitrogens with one attached hydrogen (secondary N) is 1. The van der Waals surface area contributed by atoms with E-state index in [4.69, 9.17) is 14.5 Å². The SMILES string of the molecule is COc1ccc(CCN=C2CC(c3ccccc3)CC(O)=C2C(=O)Nc2ccccc2)cc1OC. The molecule has 0 fully saturated rings. The Kier molecular flexibility index (Phi) is 7.83. The Balaban J connectivity index is 1.58. The van der Waals surface area contributed by atoms with E-state index in [9.17, 15) is 9.90 Å². The van der Waals surface area contributed by atoms with Crippen molar-refractivity contribution in [2.24, 2.45) is 4.99 Å². The molecule has 2 N–H and O–H groups in total. The minimum Gasteiger partial charge on any atom is -0.511 e. The summed E-state index contributed by atoms with van der Waals surface area (Å²) in [5, 5.41) is 13.9. The third-order valence-corrected chi connectivity index (χ3v) is 6.14. The molecule has 0 aromatic heterocycles. The molecule has 0 heterocycles. The van der Waals surface area contributed by atoms with Crippen molar-refractivity contribution in [3.63, 3.8) is 0 Å². The number of aliphatic hydroxyl groups excluding tert-OH is 1. The molecule has 4 rings (SSSR count). The fourth-order valence-corrected chi connectivity index (χ4v) is 4.35. The molecular weight excluding hydrogens is 440 g/mol. The van der Waals surface area contributed by atoms with Crippen molar-refractivity contribution in [3.8, 4) is 11.5 Å². The second-order valence-electron chi connectivity index (χ2n) is 8.43. The van der Waals surface area contributed by atoms with E-state index in [0.717, 1.165) is 11.1 Å². The van der Waals surface area contributed by atoms with E-state index in [2.05, 4.69) is 5.32 Å². The van der Waals surface area contributed by atoms with E-state index in [1.165, 1.54) is 0 Å². The molecule has 0 saturated carbocycles. The summed E-state index contributed by atoms with van der Waals surface area (Å²) in [4.78, 5) is 18.0. The first kappa shape index (κ1) is 24.1. The number of anilines is 1. The van der Waals surface area contributed by atoms with E-state index >= 15 is 0 Å². The van der Waals surface area contributed by atoms with Crippen LogP contribution in [0.15, 0.2) is 95.2 Å². The van der Waals surface area contributed by atoms with Gasteiger partial charge in [-0.1, -0.05) is 54.6 Å². The monoisotopic (exact) mass is 470 g/mol. The van der Waals surface area contributed by atoms with Crippen LogP contribution in [0, 0.1) is 0 Å². The average molecular weight is 471 g/mol. The number of methoxy groups -OCH3 is 2. The summed E-state index contributed by atoms with van der Waals surface area (Å²) in [5.41, 5.74) is 3.73. The molecule has 6 heteroatoms. The summed E-state index contributed by atoms with van der Waals surface area (Å²) in [6.07, 6.45) is 1.64. The fourth-order valence-electron chi connectivity index (χ4n) is 4.35. The average Bonchev–Trinajstić information content (AvgIpc) is 2.89. The van der Waals surface area contributed by atoms with Crippen LogP contribution in [-0.4, -0.2) is 37.5 Å². The van der Waals surface area contributed by atoms with Crippen LogP contribution in [0.1, 0.15) is 29.9 Å². The van der Waals surface area contributed by atoms with Gasteiger partial charge in [0.15, 0.2) is 11.5 Å². The molecule has 0 saturated heterocycles. The number of ether oxygens (including phenoxy) is 2. The Labute approximate surface area is 205 Å². The number of allylic oxidation sites excluding steroid dienone is 1. The van der Waals surface area contributed by atoms with Gasteiger partial charge in [0, 0.05) is 18.7 Å². The minimum absolute atomic E-state index is 0.0595. The molecule has 0 spiro atoms. The number of carbonyl (C=O) groups excluding carboxylic acids is 1. The van der Waals surface area contributed by atoms with Gasteiger partial charge in [-0.3, -0.25) is 9.79 Å². The van der Waals surface area contributed by atoms with Gasteiger partial charge in [0.25, 0.3) is 5.91 Å². The van der Waals surface area contributed by atoms with Gasteiger partial charge in [-0.25, -0.2) is 0 Å². The molecule has 3 aromatic carbocycles. The highest BCUT2D eigenvalue weighted by Crippen LogP contribution is 2.35. The van der Waals surface area contributed by atoms with Crippen LogP contribution in [0.3, 0.4) is 0 Å². The van der Waals surface area contributed by atoms with E-state index in [-0.39, 0.29) is 23.2 Å². The zero-order valence-electron chi connectivity index (χ0n) is 20.0. The first-order chi connectivity index (χ1) is 17.1. The van der Waals surface area contributed by atoms with Gasteiger partial charge in [-0.05, 0) is 54.2 Å². The maximum atomic E-state index is 13.2. The lowest BCUT2D eigenvalue weighted by atomic mass is 9.82. The van der Waals surface area contributed by atoms with Gasteiger partial charge >= 0.3 is 0 Å². The summed E-state index contributed by atoms with van der Waals surface area (Å²) >= 11 is 0. The number of nitrogens with zero attached hydrogens (tertiary/aromatic N) is 1. The van der Waals surface area contributed by atoms with Crippen molar-refractivity contribution in [2.75, 3.05) is 26.1 Å². The van der Waals surface area contributed by atoms with E-state index in [1.807, 2.05) is 78.9 Å². The maximum absolute atomic E-state index is 13.2. The Morgan fingerprint density at radius 3 is 2.31 bits per heavy atom. The van der Waals surface area contributed by atoms with Crippen LogP contribution in [-0.2, 0) is 11.2 Å². The Bertz CT molecular complexity index is 1220. The standard InChI is InChI=1S/C29H30N2O4/c1-34-26-14-13-20(17-27(26)35-2)15-16-30-24-18-22(21-9-5-3-6-10-21)19-25(32)28(24)29(33)31-23-11-7-4-8-12-23/h3-14,17,22,32H,15-16,18-19H2,1-2H3,(H,31,33). The van der Waals surface area contributed by atoms with Gasteiger partial charge in [0.05, 0.1) is 25.5 Å². The largest absolute Gasteiger partial charge is 0.511 e. The van der Waals surface area contributed by atoms with Gasteiger partial charge in [-0.2, -0.15) is 0 Å². The number of aliphatic imine (C=N–C) groups is 1. The summed E-state index contributed by atoms with van der Waals surface area (Å²) in [7, 11) is 3.22. The summed E-state index contributed by atoms with van der Waals surface area (Å²) in [6, 6.07) is 25.1. The first-order valence-electron chi connectivity index (χ1n) is 11.7. The van der Waals surface area contributed by atoms with Gasteiger partial charge < -0.3 is 19.9 Å². The minimum atomic E-state index is -0.343. The molecule has 3 aromatic rings. The number of carbonyl (C=O) groups is 1. The molecular formula is C29H30N2O4. The predicted octanol–water partition coefficient (Wildman–Crippen LogP) is 5.72. The number of amides is 1. The van der Waals surface area contributed by atoms with E-state index < -0.39 is 0 Å². The number of hydrogen-bond donors (Lipinski definition) is 2. The van der Waals surface area contributed by atoms with Crippen LogP contribution >= 0.6 is 0 Å². The third-order valence-electron chi connectivity index (χ3n) is 6.14. The second-order valence-corrected chi connectivity index (χ2v) is 8.43. The summed E-state index contributed by atoms with van der Waals surface area (Å²) in [6.45, 7) is 0.474. The van der Waals surface area contributed by atoms with Crippen molar-refractivity contribution in [1.82, 2.24) is 0 Å². The normalized spacial score (nSPS) is 16.7. The van der Waals surface area contributed by atoms with Crippen LogP contribution in [0.4, 0.5) is 5.69 Å². The lowest BCUT2D eigenvalue weighted by Crippen LogP contribution is -2.28. The van der Waals surface area contributed by atoms with E-state index in [0.29, 0.717) is 48.7 Å². The first-order valence-corrected chi connectivity index (χ1v) is 11.7. The third kappa shape index (κ3) is 5.90. The second kappa shape index (κ2) is 11.4.